The first-order valence-corrected chi connectivity index (χ1v) is 7.04. The number of nitrogens with zero attached hydrogens (tertiary/aromatic N) is 1. The van der Waals surface area contributed by atoms with Crippen molar-refractivity contribution in [3.05, 3.63) is 35.9 Å². The predicted molar refractivity (Wildman–Crippen MR) is 81.7 cm³/mol. The van der Waals surface area contributed by atoms with Crippen molar-refractivity contribution in [2.45, 2.75) is 26.8 Å². The first-order valence-electron chi connectivity index (χ1n) is 7.04. The van der Waals surface area contributed by atoms with E-state index in [1.165, 1.54) is 5.56 Å². The molecule has 0 unspecified atom stereocenters. The molecule has 2 N–H and O–H groups in total. The second kappa shape index (κ2) is 8.02. The van der Waals surface area contributed by atoms with Crippen LogP contribution in [-0.2, 0) is 11.3 Å². The van der Waals surface area contributed by atoms with Crippen LogP contribution in [0.15, 0.2) is 30.3 Å². The Morgan fingerprint density at radius 3 is 2.55 bits per heavy atom. The summed E-state index contributed by atoms with van der Waals surface area (Å²) in [7, 11) is 2.12. The van der Waals surface area contributed by atoms with Crippen LogP contribution in [0, 0.1) is 5.41 Å². The van der Waals surface area contributed by atoms with E-state index in [0.717, 1.165) is 19.6 Å². The molecular weight excluding hydrogens is 252 g/mol. The molecule has 0 saturated carbocycles. The number of carbonyl (C=O) groups is 1. The van der Waals surface area contributed by atoms with E-state index < -0.39 is 5.97 Å². The van der Waals surface area contributed by atoms with E-state index in [1.54, 1.807) is 0 Å². The monoisotopic (exact) mass is 278 g/mol. The summed E-state index contributed by atoms with van der Waals surface area (Å²) in [5.74, 6) is -0.753. The van der Waals surface area contributed by atoms with Crippen LogP contribution >= 0.6 is 0 Å². The maximum atomic E-state index is 10.5. The number of nitrogens with one attached hydrogen (secondary N) is 1. The van der Waals surface area contributed by atoms with Gasteiger partial charge in [-0.15, -0.1) is 0 Å². The second-order valence-electron chi connectivity index (χ2n) is 6.14. The van der Waals surface area contributed by atoms with E-state index in [0.29, 0.717) is 6.54 Å². The third-order valence-electron chi connectivity index (χ3n) is 3.11. The minimum Gasteiger partial charge on any atom is -0.481 e. The van der Waals surface area contributed by atoms with Crippen LogP contribution in [0.4, 0.5) is 0 Å². The highest BCUT2D eigenvalue weighted by Gasteiger charge is 2.19. The zero-order valence-corrected chi connectivity index (χ0v) is 12.7. The number of carboxylic acid groups (broad SMARTS) is 1. The average molecular weight is 278 g/mol. The molecule has 1 rings (SSSR count). The van der Waals surface area contributed by atoms with Gasteiger partial charge in [-0.05, 0) is 18.0 Å². The fourth-order valence-electron chi connectivity index (χ4n) is 2.36. The summed E-state index contributed by atoms with van der Waals surface area (Å²) >= 11 is 0. The Morgan fingerprint density at radius 1 is 1.30 bits per heavy atom. The first-order chi connectivity index (χ1) is 9.39. The minimum absolute atomic E-state index is 0.113. The lowest BCUT2D eigenvalue weighted by molar-refractivity contribution is -0.136. The van der Waals surface area contributed by atoms with Gasteiger partial charge in [0, 0.05) is 26.2 Å². The Morgan fingerprint density at radius 2 is 1.95 bits per heavy atom. The third kappa shape index (κ3) is 7.26. The smallest absolute Gasteiger partial charge is 0.304 e. The second-order valence-corrected chi connectivity index (χ2v) is 6.14. The summed E-state index contributed by atoms with van der Waals surface area (Å²) in [6, 6.07) is 10.4. The molecule has 0 radical (unpaired) electrons. The van der Waals surface area contributed by atoms with E-state index in [2.05, 4.69) is 55.4 Å². The van der Waals surface area contributed by atoms with E-state index in [9.17, 15) is 4.79 Å². The fraction of sp³-hybridized carbons (Fsp3) is 0.562. The van der Waals surface area contributed by atoms with Crippen molar-refractivity contribution < 1.29 is 9.90 Å². The molecular formula is C16H26N2O2. The van der Waals surface area contributed by atoms with Gasteiger partial charge in [-0.3, -0.25) is 4.79 Å². The summed E-state index contributed by atoms with van der Waals surface area (Å²) in [6.45, 7) is 7.63. The number of carboxylic acids is 1. The highest BCUT2D eigenvalue weighted by atomic mass is 16.4. The van der Waals surface area contributed by atoms with Gasteiger partial charge < -0.3 is 15.3 Å². The Hall–Kier alpha value is -1.39. The van der Waals surface area contributed by atoms with Crippen LogP contribution in [0.1, 0.15) is 25.8 Å². The van der Waals surface area contributed by atoms with Crippen molar-refractivity contribution in [3.63, 3.8) is 0 Å². The van der Waals surface area contributed by atoms with Gasteiger partial charge in [0.05, 0.1) is 6.42 Å². The molecule has 0 bridgehead atoms. The summed E-state index contributed by atoms with van der Waals surface area (Å²) in [5.41, 5.74) is 1.42. The van der Waals surface area contributed by atoms with Crippen molar-refractivity contribution in [2.75, 3.05) is 26.7 Å². The SMILES string of the molecule is CN(Cc1ccccc1)CC(C)(C)CNCCC(=O)O. The quantitative estimate of drug-likeness (QED) is 0.680. The standard InChI is InChI=1S/C16H26N2O2/c1-16(2,12-17-10-9-15(19)20)13-18(3)11-14-7-5-4-6-8-14/h4-8,17H,9-13H2,1-3H3,(H,19,20). The lowest BCUT2D eigenvalue weighted by Crippen LogP contribution is -2.39. The molecule has 1 aromatic carbocycles. The molecule has 4 heteroatoms. The summed E-state index contributed by atoms with van der Waals surface area (Å²) < 4.78 is 0. The summed E-state index contributed by atoms with van der Waals surface area (Å²) in [4.78, 5) is 12.8. The van der Waals surface area contributed by atoms with Crippen LogP contribution in [0.2, 0.25) is 0 Å². The number of rotatable bonds is 9. The highest BCUT2D eigenvalue weighted by molar-refractivity contribution is 5.66. The zero-order valence-electron chi connectivity index (χ0n) is 12.7. The van der Waals surface area contributed by atoms with Crippen molar-refractivity contribution in [2.24, 2.45) is 5.41 Å². The summed E-state index contributed by atoms with van der Waals surface area (Å²) in [6.07, 6.45) is 0.177. The molecule has 0 heterocycles. The highest BCUT2D eigenvalue weighted by Crippen LogP contribution is 2.16. The molecule has 0 saturated heterocycles. The number of benzene rings is 1. The maximum Gasteiger partial charge on any atom is 0.304 e. The van der Waals surface area contributed by atoms with Crippen LogP contribution in [-0.4, -0.2) is 42.7 Å². The third-order valence-corrected chi connectivity index (χ3v) is 3.11. The van der Waals surface area contributed by atoms with E-state index in [1.807, 2.05) is 6.07 Å². The molecule has 0 amide bonds. The van der Waals surface area contributed by atoms with Gasteiger partial charge >= 0.3 is 5.97 Å². The first kappa shape index (κ1) is 16.7. The van der Waals surface area contributed by atoms with Crippen LogP contribution in [0.25, 0.3) is 0 Å². The van der Waals surface area contributed by atoms with Gasteiger partial charge in [0.25, 0.3) is 0 Å². The van der Waals surface area contributed by atoms with Gasteiger partial charge in [-0.2, -0.15) is 0 Å². The molecule has 0 fully saturated rings. The lowest BCUT2D eigenvalue weighted by Gasteiger charge is -2.30. The molecule has 20 heavy (non-hydrogen) atoms. The Kier molecular flexibility index (Phi) is 6.68. The van der Waals surface area contributed by atoms with Gasteiger partial charge in [0.2, 0.25) is 0 Å². The lowest BCUT2D eigenvalue weighted by atomic mass is 9.92. The van der Waals surface area contributed by atoms with E-state index in [4.69, 9.17) is 5.11 Å². The molecule has 0 aromatic heterocycles. The van der Waals surface area contributed by atoms with E-state index in [-0.39, 0.29) is 11.8 Å². The Bertz CT molecular complexity index is 404. The largest absolute Gasteiger partial charge is 0.481 e. The Labute approximate surface area is 121 Å². The summed E-state index contributed by atoms with van der Waals surface area (Å²) in [5, 5.41) is 11.8. The topological polar surface area (TPSA) is 52.6 Å². The van der Waals surface area contributed by atoms with Gasteiger partial charge in [-0.25, -0.2) is 0 Å². The predicted octanol–water partition coefficient (Wildman–Crippen LogP) is 2.21. The molecule has 0 atom stereocenters. The molecule has 0 aliphatic rings. The Balaban J connectivity index is 2.31. The molecule has 0 aliphatic carbocycles. The zero-order chi connectivity index (χ0) is 15.0. The molecule has 4 nitrogen and oxygen atoms in total. The van der Waals surface area contributed by atoms with Crippen molar-refractivity contribution in [3.8, 4) is 0 Å². The number of hydrogen-bond donors (Lipinski definition) is 2. The maximum absolute atomic E-state index is 10.5. The van der Waals surface area contributed by atoms with Gasteiger partial charge in [0.1, 0.15) is 0 Å². The molecule has 0 spiro atoms. The van der Waals surface area contributed by atoms with E-state index >= 15 is 0 Å². The van der Waals surface area contributed by atoms with Crippen LogP contribution in [0.3, 0.4) is 0 Å². The van der Waals surface area contributed by atoms with Crippen molar-refractivity contribution in [1.82, 2.24) is 10.2 Å². The van der Waals surface area contributed by atoms with Crippen molar-refractivity contribution >= 4 is 5.97 Å². The van der Waals surface area contributed by atoms with Crippen molar-refractivity contribution in [1.29, 1.82) is 0 Å². The molecule has 1 aromatic rings. The fourth-order valence-corrected chi connectivity index (χ4v) is 2.36. The van der Waals surface area contributed by atoms with Gasteiger partial charge in [0.15, 0.2) is 0 Å². The normalized spacial score (nSPS) is 11.8. The average Bonchev–Trinajstić information content (AvgIpc) is 2.35. The van der Waals surface area contributed by atoms with Crippen LogP contribution < -0.4 is 5.32 Å². The molecule has 0 aliphatic heterocycles. The van der Waals surface area contributed by atoms with Gasteiger partial charge in [-0.1, -0.05) is 44.2 Å². The molecule has 112 valence electrons. The van der Waals surface area contributed by atoms with Crippen LogP contribution in [0.5, 0.6) is 0 Å². The number of aliphatic carboxylic acids is 1. The minimum atomic E-state index is -0.753. The number of hydrogen-bond acceptors (Lipinski definition) is 3.